The Balaban J connectivity index is 2.02. The summed E-state index contributed by atoms with van der Waals surface area (Å²) in [6, 6.07) is 0.799. The third-order valence-corrected chi connectivity index (χ3v) is 6.25. The number of halogens is 4. The number of carbonyl (C=O) groups is 2. The number of nitrogens with zero attached hydrogens (tertiary/aromatic N) is 4. The molecule has 3 heterocycles. The third-order valence-electron chi connectivity index (χ3n) is 4.22. The lowest BCUT2D eigenvalue weighted by Crippen LogP contribution is -2.22. The molecule has 0 radical (unpaired) electrons. The summed E-state index contributed by atoms with van der Waals surface area (Å²) in [6.07, 6.45) is -4.70. The Labute approximate surface area is 183 Å². The molecule has 0 atom stereocenters. The lowest BCUT2D eigenvalue weighted by molar-refractivity contribution is -0.390. The monoisotopic (exact) mass is 520 g/mol. The van der Waals surface area contributed by atoms with Crippen molar-refractivity contribution in [1.82, 2.24) is 14.8 Å². The van der Waals surface area contributed by atoms with E-state index in [4.69, 9.17) is 5.73 Å². The van der Waals surface area contributed by atoms with Crippen LogP contribution in [0.3, 0.4) is 0 Å². The van der Waals surface area contributed by atoms with E-state index in [1.165, 1.54) is 13.8 Å². The standard InChI is InChI=1S/C16H12BrF3N6O4S/c1-5-3-7(16(18,19)20)22-15-9(5)11(12(31-15)13(21)28)23-8(27)4-25-6(2)10(17)14(24-25)26(29)30/h3H,4H2,1-2H3,(H2,21,28)(H,23,27). The van der Waals surface area contributed by atoms with E-state index >= 15 is 0 Å². The molecule has 10 nitrogen and oxygen atoms in total. The molecule has 0 bridgehead atoms. The minimum atomic E-state index is -4.70. The number of pyridine rings is 1. The first kappa shape index (κ1) is 22.6. The minimum Gasteiger partial charge on any atom is -0.365 e. The lowest BCUT2D eigenvalue weighted by Gasteiger charge is -2.09. The first-order valence-corrected chi connectivity index (χ1v) is 9.90. The van der Waals surface area contributed by atoms with E-state index in [1.807, 2.05) is 0 Å². The van der Waals surface area contributed by atoms with Gasteiger partial charge in [-0.25, -0.2) is 4.98 Å². The van der Waals surface area contributed by atoms with Gasteiger partial charge in [0.1, 0.15) is 26.4 Å². The van der Waals surface area contributed by atoms with Gasteiger partial charge < -0.3 is 21.2 Å². The number of primary amides is 1. The Hall–Kier alpha value is -3.07. The van der Waals surface area contributed by atoms with Crippen molar-refractivity contribution in [3.05, 3.63) is 42.5 Å². The Morgan fingerprint density at radius 3 is 2.55 bits per heavy atom. The van der Waals surface area contributed by atoms with Gasteiger partial charge in [-0.05, 0) is 46.3 Å². The molecule has 0 aliphatic carbocycles. The summed E-state index contributed by atoms with van der Waals surface area (Å²) in [4.78, 5) is 37.9. The summed E-state index contributed by atoms with van der Waals surface area (Å²) >= 11 is 3.65. The Morgan fingerprint density at radius 1 is 1.39 bits per heavy atom. The molecule has 31 heavy (non-hydrogen) atoms. The molecule has 0 aliphatic rings. The molecule has 0 spiro atoms. The number of rotatable bonds is 5. The summed E-state index contributed by atoms with van der Waals surface area (Å²) in [5.74, 6) is -2.17. The summed E-state index contributed by atoms with van der Waals surface area (Å²) < 4.78 is 40.4. The number of aryl methyl sites for hydroxylation is 1. The fraction of sp³-hybridized carbons (Fsp3) is 0.250. The first-order chi connectivity index (χ1) is 14.3. The predicted molar refractivity (Wildman–Crippen MR) is 108 cm³/mol. The average Bonchev–Trinajstić information content (AvgIpc) is 3.14. The number of aromatic nitrogens is 3. The van der Waals surface area contributed by atoms with Gasteiger partial charge in [-0.3, -0.25) is 9.59 Å². The minimum absolute atomic E-state index is 0.0744. The summed E-state index contributed by atoms with van der Waals surface area (Å²) in [7, 11) is 0. The molecule has 0 aromatic carbocycles. The van der Waals surface area contributed by atoms with Crippen LogP contribution in [-0.2, 0) is 17.5 Å². The molecule has 2 amide bonds. The van der Waals surface area contributed by atoms with Gasteiger partial charge in [0.2, 0.25) is 5.91 Å². The van der Waals surface area contributed by atoms with Crippen molar-refractivity contribution >= 4 is 60.8 Å². The van der Waals surface area contributed by atoms with E-state index < -0.39 is 41.0 Å². The molecular formula is C16H12BrF3N6O4S. The van der Waals surface area contributed by atoms with Crippen molar-refractivity contribution in [2.45, 2.75) is 26.6 Å². The van der Waals surface area contributed by atoms with Crippen LogP contribution in [0, 0.1) is 24.0 Å². The van der Waals surface area contributed by atoms with Gasteiger partial charge in [0.15, 0.2) is 0 Å². The number of hydrogen-bond donors (Lipinski definition) is 2. The highest BCUT2D eigenvalue weighted by atomic mass is 79.9. The molecular weight excluding hydrogens is 509 g/mol. The van der Waals surface area contributed by atoms with Crippen molar-refractivity contribution in [2.75, 3.05) is 5.32 Å². The SMILES string of the molecule is Cc1cc(C(F)(F)F)nc2sc(C(N)=O)c(NC(=O)Cn3nc([N+](=O)[O-])c(Br)c3C)c12. The van der Waals surface area contributed by atoms with Crippen molar-refractivity contribution in [1.29, 1.82) is 0 Å². The molecule has 0 aliphatic heterocycles. The molecule has 0 saturated carbocycles. The molecule has 3 rings (SSSR count). The Morgan fingerprint density at radius 2 is 2.03 bits per heavy atom. The molecule has 0 saturated heterocycles. The zero-order chi connectivity index (χ0) is 23.2. The maximum absolute atomic E-state index is 13.1. The second-order valence-electron chi connectivity index (χ2n) is 6.36. The van der Waals surface area contributed by atoms with E-state index in [0.717, 1.165) is 10.7 Å². The van der Waals surface area contributed by atoms with Gasteiger partial charge in [0.25, 0.3) is 5.91 Å². The summed E-state index contributed by atoms with van der Waals surface area (Å²) in [5, 5.41) is 17.3. The number of alkyl halides is 3. The van der Waals surface area contributed by atoms with Crippen molar-refractivity contribution in [3.8, 4) is 0 Å². The van der Waals surface area contributed by atoms with Crippen LogP contribution < -0.4 is 11.1 Å². The van der Waals surface area contributed by atoms with E-state index in [9.17, 15) is 32.9 Å². The van der Waals surface area contributed by atoms with Gasteiger partial charge >= 0.3 is 12.0 Å². The molecule has 0 unspecified atom stereocenters. The van der Waals surface area contributed by atoms with Crippen LogP contribution in [0.2, 0.25) is 0 Å². The zero-order valence-corrected chi connectivity index (χ0v) is 18.1. The Kier molecular flexibility index (Phi) is 5.75. The topological polar surface area (TPSA) is 146 Å². The molecule has 3 aromatic rings. The van der Waals surface area contributed by atoms with Crippen molar-refractivity contribution < 1.29 is 27.7 Å². The van der Waals surface area contributed by atoms with Gasteiger partial charge in [0, 0.05) is 5.39 Å². The highest BCUT2D eigenvalue weighted by Crippen LogP contribution is 2.39. The average molecular weight is 521 g/mol. The smallest absolute Gasteiger partial charge is 0.365 e. The van der Waals surface area contributed by atoms with Crippen LogP contribution in [0.5, 0.6) is 0 Å². The number of amides is 2. The lowest BCUT2D eigenvalue weighted by atomic mass is 10.1. The maximum atomic E-state index is 13.1. The number of carbonyl (C=O) groups excluding carboxylic acids is 2. The summed E-state index contributed by atoms with van der Waals surface area (Å²) in [6.45, 7) is 2.42. The van der Waals surface area contributed by atoms with E-state index in [1.54, 1.807) is 0 Å². The molecule has 164 valence electrons. The highest BCUT2D eigenvalue weighted by Gasteiger charge is 2.34. The van der Waals surface area contributed by atoms with Gasteiger partial charge in [-0.15, -0.1) is 11.3 Å². The van der Waals surface area contributed by atoms with Crippen LogP contribution in [0.1, 0.15) is 26.6 Å². The van der Waals surface area contributed by atoms with E-state index in [0.29, 0.717) is 17.0 Å². The number of anilines is 1. The molecule has 3 N–H and O–H groups in total. The fourth-order valence-electron chi connectivity index (χ4n) is 2.81. The van der Waals surface area contributed by atoms with Gasteiger partial charge in [-0.1, -0.05) is 0 Å². The van der Waals surface area contributed by atoms with Crippen LogP contribution in [0.25, 0.3) is 10.2 Å². The van der Waals surface area contributed by atoms with Crippen LogP contribution in [-0.4, -0.2) is 31.5 Å². The number of fused-ring (bicyclic) bond motifs is 1. The van der Waals surface area contributed by atoms with Crippen molar-refractivity contribution in [3.63, 3.8) is 0 Å². The second-order valence-corrected chi connectivity index (χ2v) is 8.15. The van der Waals surface area contributed by atoms with Crippen LogP contribution in [0.15, 0.2) is 10.5 Å². The molecule has 0 fully saturated rings. The predicted octanol–water partition coefficient (Wildman–Crippen LogP) is 3.54. The van der Waals surface area contributed by atoms with E-state index in [2.05, 4.69) is 31.3 Å². The first-order valence-electron chi connectivity index (χ1n) is 8.29. The van der Waals surface area contributed by atoms with Gasteiger partial charge in [0.05, 0.1) is 16.5 Å². The third kappa shape index (κ3) is 4.23. The van der Waals surface area contributed by atoms with Crippen LogP contribution >= 0.6 is 27.3 Å². The largest absolute Gasteiger partial charge is 0.433 e. The fourth-order valence-corrected chi connectivity index (χ4v) is 4.30. The van der Waals surface area contributed by atoms with Crippen molar-refractivity contribution in [2.24, 2.45) is 5.73 Å². The maximum Gasteiger partial charge on any atom is 0.433 e. The van der Waals surface area contributed by atoms with E-state index in [-0.39, 0.29) is 30.8 Å². The summed E-state index contributed by atoms with van der Waals surface area (Å²) in [5.41, 5.74) is 4.55. The number of nitro groups is 1. The molecule has 15 heteroatoms. The van der Waals surface area contributed by atoms with Crippen LogP contribution in [0.4, 0.5) is 24.7 Å². The van der Waals surface area contributed by atoms with Gasteiger partial charge in [-0.2, -0.15) is 17.9 Å². The highest BCUT2D eigenvalue weighted by molar-refractivity contribution is 9.10. The number of thiophene rings is 1. The number of nitrogens with one attached hydrogen (secondary N) is 1. The normalized spacial score (nSPS) is 11.7. The Bertz CT molecular complexity index is 1250. The molecule has 3 aromatic heterocycles. The quantitative estimate of drug-likeness (QED) is 0.388. The number of nitrogens with two attached hydrogens (primary N) is 1. The second kappa shape index (κ2) is 7.88. The number of hydrogen-bond acceptors (Lipinski definition) is 7. The zero-order valence-electron chi connectivity index (χ0n) is 15.7.